The number of ether oxygens (including phenoxy) is 2. The van der Waals surface area contributed by atoms with Gasteiger partial charge in [0.1, 0.15) is 0 Å². The molecule has 2 aromatic rings. The lowest BCUT2D eigenvalue weighted by Gasteiger charge is -2.33. The topological polar surface area (TPSA) is 105 Å². The van der Waals surface area contributed by atoms with Gasteiger partial charge >= 0.3 is 0 Å². The molecule has 2 bridgehead atoms. The Bertz CT molecular complexity index is 1370. The van der Waals surface area contributed by atoms with Gasteiger partial charge in [0.2, 0.25) is 0 Å². The summed E-state index contributed by atoms with van der Waals surface area (Å²) in [5, 5.41) is 12.7. The zero-order valence-corrected chi connectivity index (χ0v) is 23.1. The standard InChI is InChI=1S/C27H30ClF3N2O6S/c28-20-4-2-16(26(34)32-18-12-21(29)24(31)22(30)13-18)11-23(20)40(36,37)25-17-1-3-19(25)27(35,14-17)15-39-10-7-33-5-8-38-9-6-33/h2,4,11-13,17,19,25,35H,1,3,5-10,14-15H2,(H,32,34)/t17?,19?,25-,27+/m1/s1. The van der Waals surface area contributed by atoms with Crippen molar-refractivity contribution < 1.29 is 41.0 Å². The molecule has 1 amide bonds. The van der Waals surface area contributed by atoms with Crippen LogP contribution in [0.25, 0.3) is 0 Å². The fraction of sp³-hybridized carbons (Fsp3) is 0.519. The second kappa shape index (κ2) is 11.6. The number of morpholine rings is 1. The minimum absolute atomic E-state index is 0.0193. The van der Waals surface area contributed by atoms with Gasteiger partial charge in [-0.05, 0) is 43.4 Å². The van der Waals surface area contributed by atoms with Crippen molar-refractivity contribution >= 4 is 33.0 Å². The number of carbonyl (C=O) groups excluding carboxylic acids is 1. The Balaban J connectivity index is 1.29. The molecule has 2 aliphatic carbocycles. The number of amides is 1. The van der Waals surface area contributed by atoms with Crippen LogP contribution < -0.4 is 5.32 Å². The molecular formula is C27H30ClF3N2O6S. The van der Waals surface area contributed by atoms with Crippen molar-refractivity contribution in [3.63, 3.8) is 0 Å². The average molecular weight is 603 g/mol. The number of rotatable bonds is 9. The highest BCUT2D eigenvalue weighted by Crippen LogP contribution is 2.55. The normalized spacial score (nSPS) is 26.8. The molecule has 218 valence electrons. The molecule has 2 N–H and O–H groups in total. The Morgan fingerprint density at radius 2 is 1.85 bits per heavy atom. The van der Waals surface area contributed by atoms with Gasteiger partial charge in [0.05, 0.1) is 47.2 Å². The maximum atomic E-state index is 13.9. The van der Waals surface area contributed by atoms with Crippen LogP contribution in [0.4, 0.5) is 18.9 Å². The molecule has 13 heteroatoms. The SMILES string of the molecule is O=C(Nc1cc(F)c(F)c(F)c1)c1ccc(Cl)c(S(=O)(=O)[C@@H]2C3CCC2[C@@](O)(COCCN2CCOCC2)C3)c1. The fourth-order valence-corrected chi connectivity index (χ4v) is 9.12. The third-order valence-electron chi connectivity index (χ3n) is 8.12. The van der Waals surface area contributed by atoms with E-state index in [0.29, 0.717) is 51.3 Å². The third kappa shape index (κ3) is 5.75. The van der Waals surface area contributed by atoms with Crippen molar-refractivity contribution in [3.8, 4) is 0 Å². The van der Waals surface area contributed by atoms with Crippen molar-refractivity contribution in [1.29, 1.82) is 0 Å². The van der Waals surface area contributed by atoms with Crippen LogP contribution in [0.15, 0.2) is 35.2 Å². The number of carbonyl (C=O) groups is 1. The van der Waals surface area contributed by atoms with E-state index in [1.807, 2.05) is 0 Å². The summed E-state index contributed by atoms with van der Waals surface area (Å²) in [5.41, 5.74) is -1.77. The van der Waals surface area contributed by atoms with Gasteiger partial charge in [-0.2, -0.15) is 0 Å². The van der Waals surface area contributed by atoms with E-state index in [1.54, 1.807) is 0 Å². The van der Waals surface area contributed by atoms with Crippen LogP contribution >= 0.6 is 11.6 Å². The molecular weight excluding hydrogens is 573 g/mol. The number of hydrogen-bond donors (Lipinski definition) is 2. The van der Waals surface area contributed by atoms with Crippen LogP contribution in [0.3, 0.4) is 0 Å². The average Bonchev–Trinajstić information content (AvgIpc) is 3.47. The van der Waals surface area contributed by atoms with Crippen molar-refractivity contribution in [3.05, 3.63) is 58.4 Å². The summed E-state index contributed by atoms with van der Waals surface area (Å²) < 4.78 is 79.3. The summed E-state index contributed by atoms with van der Waals surface area (Å²) in [6.07, 6.45) is 1.42. The van der Waals surface area contributed by atoms with Crippen molar-refractivity contribution in [2.24, 2.45) is 11.8 Å². The number of aliphatic hydroxyl groups is 1. The third-order valence-corrected chi connectivity index (χ3v) is 10.9. The highest BCUT2D eigenvalue weighted by atomic mass is 35.5. The molecule has 1 heterocycles. The minimum Gasteiger partial charge on any atom is -0.387 e. The van der Waals surface area contributed by atoms with Gasteiger partial charge in [-0.15, -0.1) is 0 Å². The van der Waals surface area contributed by atoms with Gasteiger partial charge in [0.25, 0.3) is 5.91 Å². The number of fused-ring (bicyclic) bond motifs is 2. The Labute approximate surface area is 235 Å². The predicted molar refractivity (Wildman–Crippen MR) is 141 cm³/mol. The number of benzene rings is 2. The molecule has 3 aliphatic rings. The minimum atomic E-state index is -4.09. The second-order valence-electron chi connectivity index (χ2n) is 10.6. The molecule has 2 unspecified atom stereocenters. The zero-order valence-electron chi connectivity index (χ0n) is 21.5. The summed E-state index contributed by atoms with van der Waals surface area (Å²) in [4.78, 5) is 14.7. The molecule has 8 nitrogen and oxygen atoms in total. The van der Waals surface area contributed by atoms with Gasteiger partial charge in [-0.25, -0.2) is 21.6 Å². The Morgan fingerprint density at radius 1 is 1.15 bits per heavy atom. The highest BCUT2D eigenvalue weighted by Gasteiger charge is 2.61. The molecule has 4 atom stereocenters. The Hall–Kier alpha value is -2.22. The van der Waals surface area contributed by atoms with E-state index in [-0.39, 0.29) is 40.1 Å². The molecule has 0 radical (unpaired) electrons. The first-order chi connectivity index (χ1) is 19.0. The number of sulfone groups is 1. The lowest BCUT2D eigenvalue weighted by Crippen LogP contribution is -2.44. The Morgan fingerprint density at radius 3 is 2.55 bits per heavy atom. The summed E-state index contributed by atoms with van der Waals surface area (Å²) in [5.74, 6) is -6.37. The fourth-order valence-electron chi connectivity index (χ4n) is 6.19. The van der Waals surface area contributed by atoms with E-state index in [1.165, 1.54) is 12.1 Å². The predicted octanol–water partition coefficient (Wildman–Crippen LogP) is 3.66. The maximum absolute atomic E-state index is 13.9. The largest absolute Gasteiger partial charge is 0.387 e. The maximum Gasteiger partial charge on any atom is 0.255 e. The van der Waals surface area contributed by atoms with Crippen LogP contribution in [0, 0.1) is 29.3 Å². The van der Waals surface area contributed by atoms with E-state index in [9.17, 15) is 31.5 Å². The number of anilines is 1. The monoisotopic (exact) mass is 602 g/mol. The first kappa shape index (κ1) is 29.3. The summed E-state index contributed by atoms with van der Waals surface area (Å²) in [6, 6.07) is 4.87. The summed E-state index contributed by atoms with van der Waals surface area (Å²) >= 11 is 6.29. The first-order valence-electron chi connectivity index (χ1n) is 13.1. The van der Waals surface area contributed by atoms with Crippen molar-refractivity contribution in [2.75, 3.05) is 51.4 Å². The van der Waals surface area contributed by atoms with E-state index in [0.717, 1.165) is 19.2 Å². The molecule has 1 saturated heterocycles. The second-order valence-corrected chi connectivity index (χ2v) is 13.1. The van der Waals surface area contributed by atoms with Crippen molar-refractivity contribution in [2.45, 2.75) is 35.0 Å². The molecule has 5 rings (SSSR count). The van der Waals surface area contributed by atoms with Crippen LogP contribution in [0.2, 0.25) is 5.02 Å². The van der Waals surface area contributed by atoms with E-state index in [4.69, 9.17) is 21.1 Å². The number of hydrogen-bond acceptors (Lipinski definition) is 7. The lowest BCUT2D eigenvalue weighted by atomic mass is 9.85. The van der Waals surface area contributed by atoms with Crippen molar-refractivity contribution in [1.82, 2.24) is 4.90 Å². The highest BCUT2D eigenvalue weighted by molar-refractivity contribution is 7.92. The lowest BCUT2D eigenvalue weighted by molar-refractivity contribution is -0.0846. The van der Waals surface area contributed by atoms with Crippen LogP contribution in [0.1, 0.15) is 29.6 Å². The van der Waals surface area contributed by atoms with Gasteiger partial charge in [-0.1, -0.05) is 11.6 Å². The molecule has 2 saturated carbocycles. The van der Waals surface area contributed by atoms with Gasteiger partial charge in [0, 0.05) is 48.9 Å². The number of nitrogens with zero attached hydrogens (tertiary/aromatic N) is 1. The summed E-state index contributed by atoms with van der Waals surface area (Å²) in [7, 11) is -4.09. The van der Waals surface area contributed by atoms with Crippen LogP contribution in [0.5, 0.6) is 0 Å². The smallest absolute Gasteiger partial charge is 0.255 e. The molecule has 1 aliphatic heterocycles. The van der Waals surface area contributed by atoms with Gasteiger partial charge < -0.3 is 19.9 Å². The van der Waals surface area contributed by atoms with E-state index >= 15 is 0 Å². The first-order valence-corrected chi connectivity index (χ1v) is 15.0. The molecule has 0 aromatic heterocycles. The quantitative estimate of drug-likeness (QED) is 0.333. The van der Waals surface area contributed by atoms with Crippen LogP contribution in [-0.4, -0.2) is 81.2 Å². The molecule has 3 fully saturated rings. The van der Waals surface area contributed by atoms with Gasteiger partial charge in [-0.3, -0.25) is 9.69 Å². The van der Waals surface area contributed by atoms with Crippen LogP contribution in [-0.2, 0) is 19.3 Å². The van der Waals surface area contributed by atoms with E-state index < -0.39 is 50.0 Å². The number of nitrogens with one attached hydrogen (secondary N) is 1. The van der Waals surface area contributed by atoms with Gasteiger partial charge in [0.15, 0.2) is 27.3 Å². The molecule has 40 heavy (non-hydrogen) atoms. The zero-order chi connectivity index (χ0) is 28.7. The molecule has 0 spiro atoms. The van der Waals surface area contributed by atoms with E-state index in [2.05, 4.69) is 10.2 Å². The summed E-state index contributed by atoms with van der Waals surface area (Å²) in [6.45, 7) is 4.08. The molecule has 2 aromatic carbocycles. The Kier molecular flexibility index (Phi) is 8.47. The number of halogens is 4.